The van der Waals surface area contributed by atoms with E-state index in [1.165, 1.54) is 11.1 Å². The van der Waals surface area contributed by atoms with Gasteiger partial charge in [-0.25, -0.2) is 0 Å². The van der Waals surface area contributed by atoms with Crippen molar-refractivity contribution in [2.45, 2.75) is 39.7 Å². The van der Waals surface area contributed by atoms with Gasteiger partial charge in [-0.15, -0.1) is 0 Å². The van der Waals surface area contributed by atoms with Gasteiger partial charge in [-0.3, -0.25) is 10.1 Å². The van der Waals surface area contributed by atoms with Crippen LogP contribution in [0.2, 0.25) is 0 Å². The molecule has 0 unspecified atom stereocenters. The first-order chi connectivity index (χ1) is 12.9. The Labute approximate surface area is 159 Å². The van der Waals surface area contributed by atoms with E-state index in [-0.39, 0.29) is 5.91 Å². The van der Waals surface area contributed by atoms with Crippen LogP contribution in [0.15, 0.2) is 59.1 Å². The molecule has 1 heterocycles. The molecule has 27 heavy (non-hydrogen) atoms. The highest BCUT2D eigenvalue weighted by atomic mass is 16.5. The minimum Gasteiger partial charge on any atom is -0.481 e. The largest absolute Gasteiger partial charge is 0.481 e. The molecular formula is C22H24N2O3. The summed E-state index contributed by atoms with van der Waals surface area (Å²) in [4.78, 5) is 12.4. The number of nitrogens with one attached hydrogen (secondary N) is 1. The number of hydrogen-bond donors (Lipinski definition) is 1. The maximum atomic E-state index is 12.4. The van der Waals surface area contributed by atoms with Crippen molar-refractivity contribution in [3.05, 3.63) is 65.7 Å². The molecule has 0 aliphatic carbocycles. The number of hydrogen-bond acceptors (Lipinski definition) is 4. The molecule has 0 spiro atoms. The number of benzene rings is 2. The Balaban J connectivity index is 1.60. The second-order valence-corrected chi connectivity index (χ2v) is 6.92. The third-order valence-corrected chi connectivity index (χ3v) is 4.33. The van der Waals surface area contributed by atoms with Crippen LogP contribution in [0.4, 0.5) is 5.88 Å². The Morgan fingerprint density at radius 3 is 2.33 bits per heavy atom. The fraction of sp³-hybridized carbons (Fsp3) is 0.273. The number of rotatable bonds is 6. The molecule has 0 saturated heterocycles. The van der Waals surface area contributed by atoms with Crippen molar-refractivity contribution in [1.29, 1.82) is 0 Å². The molecule has 2 aromatic carbocycles. The molecule has 5 heteroatoms. The van der Waals surface area contributed by atoms with Gasteiger partial charge >= 0.3 is 0 Å². The van der Waals surface area contributed by atoms with Crippen LogP contribution in [0.5, 0.6) is 5.75 Å². The van der Waals surface area contributed by atoms with Crippen LogP contribution < -0.4 is 10.1 Å². The van der Waals surface area contributed by atoms with Crippen LogP contribution in [-0.4, -0.2) is 17.2 Å². The van der Waals surface area contributed by atoms with Gasteiger partial charge in [0, 0.05) is 11.6 Å². The minimum atomic E-state index is -0.664. The fourth-order valence-electron chi connectivity index (χ4n) is 2.61. The molecule has 0 aliphatic rings. The summed E-state index contributed by atoms with van der Waals surface area (Å²) in [7, 11) is 0. The first kappa shape index (κ1) is 18.7. The highest BCUT2D eigenvalue weighted by Gasteiger charge is 2.17. The van der Waals surface area contributed by atoms with E-state index in [2.05, 4.69) is 24.3 Å². The zero-order chi connectivity index (χ0) is 19.4. The number of carbonyl (C=O) groups excluding carboxylic acids is 1. The highest BCUT2D eigenvalue weighted by Crippen LogP contribution is 2.23. The Morgan fingerprint density at radius 2 is 1.70 bits per heavy atom. The molecular weight excluding hydrogens is 340 g/mol. The smallest absolute Gasteiger partial charge is 0.267 e. The summed E-state index contributed by atoms with van der Waals surface area (Å²) >= 11 is 0. The molecule has 0 fully saturated rings. The Bertz CT molecular complexity index is 896. The van der Waals surface area contributed by atoms with Crippen molar-refractivity contribution >= 4 is 11.8 Å². The second-order valence-electron chi connectivity index (χ2n) is 6.92. The van der Waals surface area contributed by atoms with Crippen LogP contribution in [0.3, 0.4) is 0 Å². The topological polar surface area (TPSA) is 64.4 Å². The van der Waals surface area contributed by atoms with Crippen LogP contribution in [0.25, 0.3) is 11.3 Å². The first-order valence-corrected chi connectivity index (χ1v) is 9.03. The summed E-state index contributed by atoms with van der Waals surface area (Å²) in [5, 5.41) is 6.71. The van der Waals surface area contributed by atoms with E-state index in [1.54, 1.807) is 13.0 Å². The number of aromatic nitrogens is 1. The third-order valence-electron chi connectivity index (χ3n) is 4.33. The Kier molecular flexibility index (Phi) is 5.60. The molecule has 0 radical (unpaired) electrons. The van der Waals surface area contributed by atoms with Gasteiger partial charge in [0.05, 0.1) is 0 Å². The summed E-state index contributed by atoms with van der Waals surface area (Å²) in [5.41, 5.74) is 4.00. The maximum Gasteiger partial charge on any atom is 0.267 e. The van der Waals surface area contributed by atoms with Crippen molar-refractivity contribution in [2.24, 2.45) is 0 Å². The lowest BCUT2D eigenvalue weighted by Gasteiger charge is -2.14. The van der Waals surface area contributed by atoms with Gasteiger partial charge < -0.3 is 9.26 Å². The average Bonchev–Trinajstić information content (AvgIpc) is 3.11. The van der Waals surface area contributed by atoms with E-state index in [1.807, 2.05) is 55.5 Å². The average molecular weight is 364 g/mol. The van der Waals surface area contributed by atoms with Crippen molar-refractivity contribution in [1.82, 2.24) is 5.16 Å². The second kappa shape index (κ2) is 8.08. The quantitative estimate of drug-likeness (QED) is 0.654. The van der Waals surface area contributed by atoms with Crippen molar-refractivity contribution in [3.8, 4) is 17.0 Å². The first-order valence-electron chi connectivity index (χ1n) is 9.03. The van der Waals surface area contributed by atoms with Gasteiger partial charge in [-0.1, -0.05) is 61.0 Å². The van der Waals surface area contributed by atoms with Crippen LogP contribution >= 0.6 is 0 Å². The van der Waals surface area contributed by atoms with Crippen molar-refractivity contribution in [2.75, 3.05) is 5.32 Å². The summed E-state index contributed by atoms with van der Waals surface area (Å²) in [6.07, 6.45) is -0.664. The molecule has 1 aromatic heterocycles. The zero-order valence-electron chi connectivity index (χ0n) is 16.0. The van der Waals surface area contributed by atoms with Crippen molar-refractivity contribution < 1.29 is 14.1 Å². The van der Waals surface area contributed by atoms with Gasteiger partial charge in [0.15, 0.2) is 6.10 Å². The maximum absolute atomic E-state index is 12.4. The van der Waals surface area contributed by atoms with E-state index >= 15 is 0 Å². The van der Waals surface area contributed by atoms with Crippen molar-refractivity contribution in [3.63, 3.8) is 0 Å². The predicted molar refractivity (Wildman–Crippen MR) is 106 cm³/mol. The molecule has 0 saturated carbocycles. The van der Waals surface area contributed by atoms with E-state index in [9.17, 15) is 4.79 Å². The minimum absolute atomic E-state index is 0.293. The lowest BCUT2D eigenvalue weighted by molar-refractivity contribution is -0.122. The molecule has 3 aromatic rings. The molecule has 1 atom stereocenters. The molecule has 0 bridgehead atoms. The van der Waals surface area contributed by atoms with Crippen LogP contribution in [0, 0.1) is 6.92 Å². The molecule has 3 rings (SSSR count). The molecule has 0 aliphatic heterocycles. The summed E-state index contributed by atoms with van der Waals surface area (Å²) in [6, 6.07) is 17.4. The molecule has 5 nitrogen and oxygen atoms in total. The highest BCUT2D eigenvalue weighted by molar-refractivity contribution is 5.93. The summed E-state index contributed by atoms with van der Waals surface area (Å²) in [5.74, 6) is 1.10. The lowest BCUT2D eigenvalue weighted by atomic mass is 10.0. The number of nitrogens with zero attached hydrogens (tertiary/aromatic N) is 1. The zero-order valence-corrected chi connectivity index (χ0v) is 16.0. The van der Waals surface area contributed by atoms with Gasteiger partial charge in [-0.2, -0.15) is 0 Å². The lowest BCUT2D eigenvalue weighted by Crippen LogP contribution is -2.29. The van der Waals surface area contributed by atoms with Gasteiger partial charge in [-0.05, 0) is 37.5 Å². The molecule has 1 N–H and O–H groups in total. The van der Waals surface area contributed by atoms with Gasteiger partial charge in [0.2, 0.25) is 5.88 Å². The predicted octanol–water partition coefficient (Wildman–Crippen LogP) is 5.18. The standard InChI is InChI=1S/C22H24N2O3/c1-14(2)17-9-11-19(12-10-17)26-16(4)22(25)23-21-13-20(24-27-21)18-7-5-15(3)6-8-18/h5-14,16H,1-4H3,(H,23,25)/t16-/m0/s1. The number of ether oxygens (including phenoxy) is 1. The normalized spacial score (nSPS) is 12.0. The van der Waals surface area contributed by atoms with Gasteiger partial charge in [0.25, 0.3) is 5.91 Å². The fourth-order valence-corrected chi connectivity index (χ4v) is 2.61. The van der Waals surface area contributed by atoms with E-state index < -0.39 is 6.10 Å². The number of carbonyl (C=O) groups is 1. The summed E-state index contributed by atoms with van der Waals surface area (Å²) in [6.45, 7) is 7.99. The molecule has 140 valence electrons. The third kappa shape index (κ3) is 4.76. The number of amides is 1. The van der Waals surface area contributed by atoms with Crippen LogP contribution in [-0.2, 0) is 4.79 Å². The number of aryl methyl sites for hydroxylation is 1. The van der Waals surface area contributed by atoms with Crippen LogP contribution in [0.1, 0.15) is 37.8 Å². The summed E-state index contributed by atoms with van der Waals surface area (Å²) < 4.78 is 10.9. The Morgan fingerprint density at radius 1 is 1.04 bits per heavy atom. The SMILES string of the molecule is Cc1ccc(-c2cc(NC(=O)[C@H](C)Oc3ccc(C(C)C)cc3)on2)cc1. The monoisotopic (exact) mass is 364 g/mol. The Hall–Kier alpha value is -3.08. The molecule has 1 amide bonds. The number of anilines is 1. The van der Waals surface area contributed by atoms with E-state index in [0.717, 1.165) is 5.56 Å². The van der Waals surface area contributed by atoms with E-state index in [0.29, 0.717) is 23.2 Å². The van der Waals surface area contributed by atoms with E-state index in [4.69, 9.17) is 9.26 Å². The van der Waals surface area contributed by atoms with Gasteiger partial charge in [0.1, 0.15) is 11.4 Å².